The third-order valence-corrected chi connectivity index (χ3v) is 3.10. The molecular formula is C14H19N3O4. The highest BCUT2D eigenvalue weighted by molar-refractivity contribution is 5.99. The summed E-state index contributed by atoms with van der Waals surface area (Å²) in [5.41, 5.74) is 4.75. The van der Waals surface area contributed by atoms with Gasteiger partial charge in [0.05, 0.1) is 50.2 Å². The van der Waals surface area contributed by atoms with Crippen LogP contribution in [-0.4, -0.2) is 33.4 Å². The highest BCUT2D eigenvalue weighted by Crippen LogP contribution is 2.45. The van der Waals surface area contributed by atoms with Crippen LogP contribution in [0.15, 0.2) is 12.1 Å². The van der Waals surface area contributed by atoms with Crippen molar-refractivity contribution < 1.29 is 18.9 Å². The molecule has 1 aromatic heterocycles. The third kappa shape index (κ3) is 2.65. The van der Waals surface area contributed by atoms with E-state index in [4.69, 9.17) is 24.8 Å². The average Bonchev–Trinajstić information content (AvgIpc) is 2.52. The van der Waals surface area contributed by atoms with Crippen molar-refractivity contribution in [3.8, 4) is 17.2 Å². The van der Waals surface area contributed by atoms with Crippen LogP contribution in [0, 0.1) is 0 Å². The molecule has 0 aliphatic carbocycles. The van der Waals surface area contributed by atoms with Crippen molar-refractivity contribution in [2.75, 3.05) is 33.9 Å². The van der Waals surface area contributed by atoms with Crippen molar-refractivity contribution in [1.29, 1.82) is 0 Å². The molecule has 7 nitrogen and oxygen atoms in total. The predicted octanol–water partition coefficient (Wildman–Crippen LogP) is 1.69. The summed E-state index contributed by atoms with van der Waals surface area (Å²) in [5, 5.41) is 0.720. The quantitative estimate of drug-likeness (QED) is 0.619. The fraction of sp³-hybridized carbons (Fsp3) is 0.357. The van der Waals surface area contributed by atoms with Crippen molar-refractivity contribution in [2.24, 2.45) is 5.84 Å². The van der Waals surface area contributed by atoms with Crippen LogP contribution in [0.4, 0.5) is 5.69 Å². The molecule has 0 atom stereocenters. The fourth-order valence-electron chi connectivity index (χ4n) is 2.25. The monoisotopic (exact) mass is 293 g/mol. The zero-order valence-corrected chi connectivity index (χ0v) is 12.5. The molecule has 2 aromatic rings. The molecule has 21 heavy (non-hydrogen) atoms. The number of aromatic nitrogens is 1. The van der Waals surface area contributed by atoms with Gasteiger partial charge in [0.15, 0.2) is 11.5 Å². The van der Waals surface area contributed by atoms with Crippen molar-refractivity contribution in [1.82, 2.24) is 4.98 Å². The molecule has 0 spiro atoms. The Morgan fingerprint density at radius 2 is 1.76 bits per heavy atom. The van der Waals surface area contributed by atoms with Crippen LogP contribution < -0.4 is 25.5 Å². The number of pyridine rings is 1. The zero-order valence-electron chi connectivity index (χ0n) is 12.5. The second-order valence-corrected chi connectivity index (χ2v) is 4.28. The van der Waals surface area contributed by atoms with Crippen molar-refractivity contribution >= 4 is 16.6 Å². The molecule has 3 N–H and O–H groups in total. The molecule has 0 saturated carbocycles. The molecule has 114 valence electrons. The molecule has 0 saturated heterocycles. The molecule has 2 rings (SSSR count). The Hall–Kier alpha value is -2.25. The van der Waals surface area contributed by atoms with Gasteiger partial charge in [-0.15, -0.1) is 0 Å². The lowest BCUT2D eigenvalue weighted by Gasteiger charge is -2.17. The van der Waals surface area contributed by atoms with E-state index in [1.807, 2.05) is 0 Å². The first kappa shape index (κ1) is 15.1. The summed E-state index contributed by atoms with van der Waals surface area (Å²) in [7, 11) is 6.27. The average molecular weight is 293 g/mol. The van der Waals surface area contributed by atoms with Crippen molar-refractivity contribution in [2.45, 2.75) is 6.61 Å². The number of rotatable bonds is 6. The SMILES string of the molecule is COCc1cc(NN)c2c(OC)c(OC)c(OC)cc2n1. The van der Waals surface area contributed by atoms with E-state index >= 15 is 0 Å². The number of nitrogens with one attached hydrogen (secondary N) is 1. The Morgan fingerprint density at radius 3 is 2.29 bits per heavy atom. The summed E-state index contributed by atoms with van der Waals surface area (Å²) in [6, 6.07) is 3.58. The lowest BCUT2D eigenvalue weighted by molar-refractivity contribution is 0.182. The number of nitrogens with zero attached hydrogens (tertiary/aromatic N) is 1. The molecule has 0 radical (unpaired) electrons. The Balaban J connectivity index is 2.83. The number of benzene rings is 1. The maximum Gasteiger partial charge on any atom is 0.204 e. The van der Waals surface area contributed by atoms with Crippen LogP contribution in [-0.2, 0) is 11.3 Å². The zero-order chi connectivity index (χ0) is 15.4. The number of anilines is 1. The summed E-state index contributed by atoms with van der Waals surface area (Å²) in [4.78, 5) is 4.53. The number of nitrogens with two attached hydrogens (primary N) is 1. The largest absolute Gasteiger partial charge is 0.493 e. The number of hydrazine groups is 1. The highest BCUT2D eigenvalue weighted by atomic mass is 16.5. The number of nitrogen functional groups attached to an aromatic ring is 1. The van der Waals surface area contributed by atoms with Gasteiger partial charge < -0.3 is 24.4 Å². The van der Waals surface area contributed by atoms with Crippen LogP contribution in [0.25, 0.3) is 10.9 Å². The first-order chi connectivity index (χ1) is 10.2. The summed E-state index contributed by atoms with van der Waals surface area (Å²) >= 11 is 0. The molecule has 0 aliphatic rings. The fourth-order valence-corrected chi connectivity index (χ4v) is 2.25. The summed E-state index contributed by atoms with van der Waals surface area (Å²) in [6.07, 6.45) is 0. The van der Waals surface area contributed by atoms with Crippen LogP contribution in [0.1, 0.15) is 5.69 Å². The van der Waals surface area contributed by atoms with Gasteiger partial charge in [0.25, 0.3) is 0 Å². The first-order valence-electron chi connectivity index (χ1n) is 6.28. The van der Waals surface area contributed by atoms with Gasteiger partial charge in [-0.05, 0) is 6.07 Å². The van der Waals surface area contributed by atoms with Gasteiger partial charge in [-0.25, -0.2) is 4.98 Å². The number of ether oxygens (including phenoxy) is 4. The van der Waals surface area contributed by atoms with Gasteiger partial charge in [-0.1, -0.05) is 0 Å². The van der Waals surface area contributed by atoms with Gasteiger partial charge in [0.2, 0.25) is 5.75 Å². The molecule has 1 aromatic carbocycles. The summed E-state index contributed by atoms with van der Waals surface area (Å²) < 4.78 is 21.3. The minimum atomic E-state index is 0.376. The number of fused-ring (bicyclic) bond motifs is 1. The Labute approximate surface area is 122 Å². The topological polar surface area (TPSA) is 87.9 Å². The second-order valence-electron chi connectivity index (χ2n) is 4.28. The van der Waals surface area contributed by atoms with E-state index in [1.54, 1.807) is 40.6 Å². The molecule has 0 fully saturated rings. The molecule has 7 heteroatoms. The molecule has 0 aliphatic heterocycles. The van der Waals surface area contributed by atoms with Gasteiger partial charge in [0.1, 0.15) is 0 Å². The molecule has 0 bridgehead atoms. The van der Waals surface area contributed by atoms with Gasteiger partial charge in [-0.3, -0.25) is 5.84 Å². The van der Waals surface area contributed by atoms with E-state index in [0.717, 1.165) is 11.1 Å². The lowest BCUT2D eigenvalue weighted by Crippen LogP contribution is -2.10. The van der Waals surface area contributed by atoms with Crippen molar-refractivity contribution in [3.05, 3.63) is 17.8 Å². The van der Waals surface area contributed by atoms with E-state index in [2.05, 4.69) is 10.4 Å². The highest BCUT2D eigenvalue weighted by Gasteiger charge is 2.20. The normalized spacial score (nSPS) is 10.5. The Bertz CT molecular complexity index is 646. The van der Waals surface area contributed by atoms with Gasteiger partial charge in [-0.2, -0.15) is 0 Å². The molecule has 0 amide bonds. The standard InChI is InChI=1S/C14H19N3O4/c1-18-7-8-5-10(17-15)12-9(16-8)6-11(19-2)13(20-3)14(12)21-4/h5-6H,7,15H2,1-4H3,(H,16,17). The van der Waals surface area contributed by atoms with Crippen LogP contribution >= 0.6 is 0 Å². The van der Waals surface area contributed by atoms with E-state index < -0.39 is 0 Å². The Kier molecular flexibility index (Phi) is 4.66. The number of hydrogen-bond acceptors (Lipinski definition) is 7. The maximum atomic E-state index is 5.62. The Morgan fingerprint density at radius 1 is 1.05 bits per heavy atom. The number of hydrogen-bond donors (Lipinski definition) is 2. The molecule has 1 heterocycles. The minimum Gasteiger partial charge on any atom is -0.493 e. The third-order valence-electron chi connectivity index (χ3n) is 3.10. The predicted molar refractivity (Wildman–Crippen MR) is 79.9 cm³/mol. The van der Waals surface area contributed by atoms with E-state index in [-0.39, 0.29) is 0 Å². The van der Waals surface area contributed by atoms with E-state index in [1.165, 1.54) is 0 Å². The van der Waals surface area contributed by atoms with Crippen molar-refractivity contribution in [3.63, 3.8) is 0 Å². The summed E-state index contributed by atoms with van der Waals surface area (Å²) in [5.74, 6) is 7.16. The second kappa shape index (κ2) is 6.47. The van der Waals surface area contributed by atoms with Crippen LogP contribution in [0.5, 0.6) is 17.2 Å². The van der Waals surface area contributed by atoms with Gasteiger partial charge >= 0.3 is 0 Å². The van der Waals surface area contributed by atoms with Gasteiger partial charge in [0, 0.05) is 13.2 Å². The minimum absolute atomic E-state index is 0.376. The molecular weight excluding hydrogens is 274 g/mol. The lowest BCUT2D eigenvalue weighted by atomic mass is 10.1. The first-order valence-corrected chi connectivity index (χ1v) is 6.28. The van der Waals surface area contributed by atoms with E-state index in [0.29, 0.717) is 35.1 Å². The molecule has 0 unspecified atom stereocenters. The number of methoxy groups -OCH3 is 4. The summed E-state index contributed by atoms with van der Waals surface area (Å²) in [6.45, 7) is 0.376. The smallest absolute Gasteiger partial charge is 0.204 e. The van der Waals surface area contributed by atoms with Crippen LogP contribution in [0.3, 0.4) is 0 Å². The maximum absolute atomic E-state index is 5.62. The van der Waals surface area contributed by atoms with E-state index in [9.17, 15) is 0 Å². The van der Waals surface area contributed by atoms with Crippen LogP contribution in [0.2, 0.25) is 0 Å².